The van der Waals surface area contributed by atoms with Crippen LogP contribution in [0.25, 0.3) is 6.08 Å². The van der Waals surface area contributed by atoms with Gasteiger partial charge in [0.1, 0.15) is 24.1 Å². The van der Waals surface area contributed by atoms with Crippen molar-refractivity contribution in [3.05, 3.63) is 121 Å². The molecule has 226 valence electrons. The number of hydrogen-bond acceptors (Lipinski definition) is 9. The Kier molecular flexibility index (Phi) is 9.68. The summed E-state index contributed by atoms with van der Waals surface area (Å²) in [6, 6.07) is 22.6. The van der Waals surface area contributed by atoms with Gasteiger partial charge in [0.2, 0.25) is 0 Å². The number of ether oxygens (including phenoxy) is 4. The minimum absolute atomic E-state index is 0.0621. The van der Waals surface area contributed by atoms with Crippen LogP contribution in [-0.4, -0.2) is 50.5 Å². The smallest absolute Gasteiger partial charge is 0.338 e. The van der Waals surface area contributed by atoms with Gasteiger partial charge < -0.3 is 24.3 Å². The quantitative estimate of drug-likeness (QED) is 0.203. The molecule has 4 aromatic rings. The number of nitrogens with one attached hydrogen (secondary N) is 1. The Labute approximate surface area is 257 Å². The van der Waals surface area contributed by atoms with Crippen molar-refractivity contribution in [1.29, 1.82) is 0 Å². The highest BCUT2D eigenvalue weighted by molar-refractivity contribution is 7.07. The van der Waals surface area contributed by atoms with Crippen molar-refractivity contribution in [2.75, 3.05) is 39.4 Å². The Balaban J connectivity index is 1.43. The van der Waals surface area contributed by atoms with Crippen LogP contribution in [0.4, 0.5) is 5.69 Å². The molecule has 3 aromatic carbocycles. The highest BCUT2D eigenvalue weighted by Gasteiger charge is 2.35. The van der Waals surface area contributed by atoms with Gasteiger partial charge in [0.15, 0.2) is 11.4 Å². The van der Waals surface area contributed by atoms with Gasteiger partial charge in [0.25, 0.3) is 11.5 Å². The zero-order valence-corrected chi connectivity index (χ0v) is 25.3. The molecule has 0 aliphatic carbocycles. The maximum atomic E-state index is 13.9. The van der Waals surface area contributed by atoms with Crippen LogP contribution in [0, 0.1) is 0 Å². The van der Waals surface area contributed by atoms with Crippen molar-refractivity contribution in [3.8, 4) is 11.5 Å². The Morgan fingerprint density at radius 1 is 0.977 bits per heavy atom. The van der Waals surface area contributed by atoms with Gasteiger partial charge in [-0.3, -0.25) is 14.2 Å². The second kappa shape index (κ2) is 14.0. The lowest BCUT2D eigenvalue weighted by Gasteiger charge is -2.26. The number of allylic oxidation sites excluding steroid dienone is 1. The summed E-state index contributed by atoms with van der Waals surface area (Å²) in [6.45, 7) is 1.88. The molecule has 1 N–H and O–H groups in total. The summed E-state index contributed by atoms with van der Waals surface area (Å²) in [5.41, 5.74) is 2.47. The number of methoxy groups -OCH3 is 2. The molecule has 1 unspecified atom stereocenters. The van der Waals surface area contributed by atoms with E-state index < -0.39 is 12.0 Å². The number of carbonyl (C=O) groups excluding carboxylic acids is 2. The van der Waals surface area contributed by atoms with E-state index in [0.29, 0.717) is 37.8 Å². The summed E-state index contributed by atoms with van der Waals surface area (Å²) in [5, 5.41) is 2.77. The van der Waals surface area contributed by atoms with Gasteiger partial charge in [-0.15, -0.1) is 0 Å². The standard InChI is InChI=1S/C33H31N3O7S/c1-21-29(32(39)42-18-17-40-2)30(25-11-7-8-12-26(25)41-3)36-31(38)27(44-33(36)34-21)19-22-13-15-24(16-14-22)43-20-28(37)35-23-9-5-4-6-10-23/h4-16,19,30H,17-18,20H2,1-3H3,(H,35,37). The molecule has 2 heterocycles. The Hall–Kier alpha value is -5.00. The molecule has 1 amide bonds. The van der Waals surface area contributed by atoms with Crippen LogP contribution in [0.1, 0.15) is 24.1 Å². The molecule has 0 radical (unpaired) electrons. The lowest BCUT2D eigenvalue weighted by Crippen LogP contribution is -2.40. The van der Waals surface area contributed by atoms with E-state index >= 15 is 0 Å². The number of thiazole rings is 1. The summed E-state index contributed by atoms with van der Waals surface area (Å²) < 4.78 is 23.7. The first kappa shape index (κ1) is 30.5. The summed E-state index contributed by atoms with van der Waals surface area (Å²) in [6.07, 6.45) is 1.75. The van der Waals surface area contributed by atoms with Crippen LogP contribution in [-0.2, 0) is 19.1 Å². The van der Waals surface area contributed by atoms with E-state index in [9.17, 15) is 14.4 Å². The van der Waals surface area contributed by atoms with Gasteiger partial charge in [-0.1, -0.05) is 59.9 Å². The zero-order chi connectivity index (χ0) is 31.1. The largest absolute Gasteiger partial charge is 0.496 e. The molecule has 0 spiro atoms. The average molecular weight is 614 g/mol. The van der Waals surface area contributed by atoms with E-state index in [1.807, 2.05) is 36.4 Å². The van der Waals surface area contributed by atoms with Crippen molar-refractivity contribution in [2.24, 2.45) is 4.99 Å². The van der Waals surface area contributed by atoms with Crippen LogP contribution in [0.2, 0.25) is 0 Å². The Morgan fingerprint density at radius 3 is 2.43 bits per heavy atom. The molecule has 5 rings (SSSR count). The van der Waals surface area contributed by atoms with E-state index in [2.05, 4.69) is 10.3 Å². The topological polar surface area (TPSA) is 117 Å². The number of amides is 1. The highest BCUT2D eigenvalue weighted by Crippen LogP contribution is 2.35. The fourth-order valence-electron chi connectivity index (χ4n) is 4.74. The first-order chi connectivity index (χ1) is 21.4. The van der Waals surface area contributed by atoms with Crippen molar-refractivity contribution in [1.82, 2.24) is 4.57 Å². The molecule has 1 aliphatic heterocycles. The first-order valence-corrected chi connectivity index (χ1v) is 14.6. The fourth-order valence-corrected chi connectivity index (χ4v) is 5.79. The van der Waals surface area contributed by atoms with Gasteiger partial charge in [0.05, 0.1) is 29.5 Å². The van der Waals surface area contributed by atoms with Crippen LogP contribution in [0.3, 0.4) is 0 Å². The molecule has 44 heavy (non-hydrogen) atoms. The molecule has 1 aliphatic rings. The first-order valence-electron chi connectivity index (χ1n) is 13.8. The fraction of sp³-hybridized carbons (Fsp3) is 0.212. The number of anilines is 1. The van der Waals surface area contributed by atoms with E-state index in [1.165, 1.54) is 23.0 Å². The van der Waals surface area contributed by atoms with E-state index in [4.69, 9.17) is 18.9 Å². The van der Waals surface area contributed by atoms with Gasteiger partial charge in [-0.05, 0) is 48.9 Å². The second-order valence-corrected chi connectivity index (χ2v) is 10.7. The number of fused-ring (bicyclic) bond motifs is 1. The van der Waals surface area contributed by atoms with Crippen molar-refractivity contribution >= 4 is 35.0 Å². The summed E-state index contributed by atoms with van der Waals surface area (Å²) in [5.74, 6) is 0.178. The van der Waals surface area contributed by atoms with E-state index in [-0.39, 0.29) is 36.9 Å². The third-order valence-corrected chi connectivity index (χ3v) is 7.78. The molecule has 11 heteroatoms. The number of hydrogen-bond donors (Lipinski definition) is 1. The Bertz CT molecular complexity index is 1860. The Morgan fingerprint density at radius 2 is 1.70 bits per heavy atom. The molecule has 10 nitrogen and oxygen atoms in total. The summed E-state index contributed by atoms with van der Waals surface area (Å²) >= 11 is 1.22. The minimum Gasteiger partial charge on any atom is -0.496 e. The van der Waals surface area contributed by atoms with Crippen LogP contribution < -0.4 is 29.7 Å². The molecule has 1 aromatic heterocycles. The summed E-state index contributed by atoms with van der Waals surface area (Å²) in [4.78, 5) is 44.5. The molecule has 0 fully saturated rings. The van der Waals surface area contributed by atoms with Crippen molar-refractivity contribution in [3.63, 3.8) is 0 Å². The molecule has 0 bridgehead atoms. The van der Waals surface area contributed by atoms with Crippen LogP contribution in [0.15, 0.2) is 99.9 Å². The number of nitrogens with zero attached hydrogens (tertiary/aromatic N) is 2. The third kappa shape index (κ3) is 6.80. The molecule has 0 saturated carbocycles. The lowest BCUT2D eigenvalue weighted by atomic mass is 9.95. The van der Waals surface area contributed by atoms with Gasteiger partial charge in [-0.25, -0.2) is 9.79 Å². The molecular weight excluding hydrogens is 582 g/mol. The monoisotopic (exact) mass is 613 g/mol. The van der Waals surface area contributed by atoms with E-state index in [1.54, 1.807) is 62.6 Å². The van der Waals surface area contributed by atoms with Crippen LogP contribution in [0.5, 0.6) is 11.5 Å². The minimum atomic E-state index is -0.808. The number of aromatic nitrogens is 1. The van der Waals surface area contributed by atoms with Crippen molar-refractivity contribution in [2.45, 2.75) is 13.0 Å². The van der Waals surface area contributed by atoms with Gasteiger partial charge in [-0.2, -0.15) is 0 Å². The number of para-hydroxylation sites is 2. The zero-order valence-electron chi connectivity index (χ0n) is 24.4. The predicted molar refractivity (Wildman–Crippen MR) is 167 cm³/mol. The summed E-state index contributed by atoms with van der Waals surface area (Å²) in [7, 11) is 3.06. The second-order valence-electron chi connectivity index (χ2n) is 9.72. The number of esters is 1. The van der Waals surface area contributed by atoms with E-state index in [0.717, 1.165) is 5.56 Å². The molecule has 0 saturated heterocycles. The predicted octanol–water partition coefficient (Wildman–Crippen LogP) is 3.45. The third-order valence-electron chi connectivity index (χ3n) is 6.80. The van der Waals surface area contributed by atoms with Crippen molar-refractivity contribution < 1.29 is 28.5 Å². The van der Waals surface area contributed by atoms with Gasteiger partial charge in [0, 0.05) is 18.4 Å². The average Bonchev–Trinajstić information content (AvgIpc) is 3.34. The molecule has 1 atom stereocenters. The SMILES string of the molecule is COCCOC(=O)C1=C(C)N=c2sc(=Cc3ccc(OCC(=O)Nc4ccccc4)cc3)c(=O)n2C1c1ccccc1OC. The lowest BCUT2D eigenvalue weighted by molar-refractivity contribution is -0.140. The molecular formula is C33H31N3O7S. The number of rotatable bonds is 11. The van der Waals surface area contributed by atoms with Gasteiger partial charge >= 0.3 is 5.97 Å². The normalized spacial score (nSPS) is 14.4. The maximum Gasteiger partial charge on any atom is 0.338 e. The highest BCUT2D eigenvalue weighted by atomic mass is 32.1. The number of carbonyl (C=O) groups is 2. The maximum absolute atomic E-state index is 13.9. The number of benzene rings is 3. The van der Waals surface area contributed by atoms with Crippen LogP contribution >= 0.6 is 11.3 Å².